The van der Waals surface area contributed by atoms with Crippen LogP contribution < -0.4 is 5.73 Å². The molecule has 0 aliphatic carbocycles. The van der Waals surface area contributed by atoms with E-state index in [1.165, 1.54) is 29.6 Å². The third-order valence-corrected chi connectivity index (χ3v) is 3.64. The molecule has 0 atom stereocenters. The van der Waals surface area contributed by atoms with E-state index in [1.54, 1.807) is 19.1 Å². The molecule has 0 fully saturated rings. The lowest BCUT2D eigenvalue weighted by Gasteiger charge is -1.99. The lowest BCUT2D eigenvalue weighted by atomic mass is 10.1. The molecule has 0 aliphatic heterocycles. The van der Waals surface area contributed by atoms with Crippen LogP contribution in [0, 0.1) is 12.7 Å². The van der Waals surface area contributed by atoms with Crippen LogP contribution in [-0.4, -0.2) is 11.4 Å². The molecule has 2 aromatic carbocycles. The number of nitrogens with two attached hydrogens (primary N) is 1. The van der Waals surface area contributed by atoms with Crippen LogP contribution in [-0.2, 0) is 5.75 Å². The molecule has 108 valence electrons. The number of aryl methyl sites for hydroxylation is 1. The standard InChI is InChI=1S/C16H16FN3S/c1-12-7-8-14(9-15(12)17)10-19-20-16(18)21-11-13-5-3-2-4-6-13/h2-10H,11H2,1H3,(H2,18,20). The van der Waals surface area contributed by atoms with Crippen LogP contribution in [0.5, 0.6) is 0 Å². The summed E-state index contributed by atoms with van der Waals surface area (Å²) in [6.45, 7) is 1.71. The summed E-state index contributed by atoms with van der Waals surface area (Å²) in [7, 11) is 0. The van der Waals surface area contributed by atoms with Gasteiger partial charge in [0, 0.05) is 5.75 Å². The highest BCUT2D eigenvalue weighted by atomic mass is 32.2. The summed E-state index contributed by atoms with van der Waals surface area (Å²) < 4.78 is 13.3. The van der Waals surface area contributed by atoms with E-state index in [0.717, 1.165) is 5.75 Å². The van der Waals surface area contributed by atoms with Crippen LogP contribution in [0.25, 0.3) is 0 Å². The van der Waals surface area contributed by atoms with Gasteiger partial charge in [-0.3, -0.25) is 0 Å². The third-order valence-electron chi connectivity index (χ3n) is 2.79. The Hall–Kier alpha value is -2.14. The highest BCUT2D eigenvalue weighted by molar-refractivity contribution is 8.13. The largest absolute Gasteiger partial charge is 0.377 e. The van der Waals surface area contributed by atoms with Gasteiger partial charge in [0.05, 0.1) is 6.21 Å². The molecular formula is C16H16FN3S. The fourth-order valence-electron chi connectivity index (χ4n) is 1.60. The van der Waals surface area contributed by atoms with Crippen LogP contribution in [0.1, 0.15) is 16.7 Å². The summed E-state index contributed by atoms with van der Waals surface area (Å²) in [6.07, 6.45) is 1.48. The van der Waals surface area contributed by atoms with E-state index in [2.05, 4.69) is 10.2 Å². The van der Waals surface area contributed by atoms with Crippen molar-refractivity contribution in [1.82, 2.24) is 0 Å². The number of hydrogen-bond donors (Lipinski definition) is 1. The Kier molecular flexibility index (Phi) is 5.51. The number of benzene rings is 2. The van der Waals surface area contributed by atoms with Crippen molar-refractivity contribution in [3.8, 4) is 0 Å². The summed E-state index contributed by atoms with van der Waals surface area (Å²) in [6, 6.07) is 14.9. The first-order chi connectivity index (χ1) is 10.1. The average Bonchev–Trinajstić information content (AvgIpc) is 2.50. The van der Waals surface area contributed by atoms with Crippen molar-refractivity contribution in [3.05, 3.63) is 71.0 Å². The van der Waals surface area contributed by atoms with E-state index in [9.17, 15) is 4.39 Å². The molecule has 3 nitrogen and oxygen atoms in total. The van der Waals surface area contributed by atoms with Crippen molar-refractivity contribution in [2.75, 3.05) is 0 Å². The molecule has 0 aromatic heterocycles. The van der Waals surface area contributed by atoms with Gasteiger partial charge in [-0.25, -0.2) is 4.39 Å². The molecule has 0 aliphatic rings. The zero-order chi connectivity index (χ0) is 15.1. The number of halogens is 1. The minimum Gasteiger partial charge on any atom is -0.377 e. The molecule has 0 saturated carbocycles. The number of thioether (sulfide) groups is 1. The van der Waals surface area contributed by atoms with E-state index in [0.29, 0.717) is 16.3 Å². The van der Waals surface area contributed by atoms with E-state index in [1.807, 2.05) is 30.3 Å². The predicted octanol–water partition coefficient (Wildman–Crippen LogP) is 3.72. The van der Waals surface area contributed by atoms with Crippen LogP contribution in [0.2, 0.25) is 0 Å². The molecule has 2 rings (SSSR count). The van der Waals surface area contributed by atoms with Crippen LogP contribution in [0.15, 0.2) is 58.7 Å². The lowest BCUT2D eigenvalue weighted by molar-refractivity contribution is 0.618. The quantitative estimate of drug-likeness (QED) is 0.531. The Balaban J connectivity index is 1.90. The molecule has 0 heterocycles. The minimum absolute atomic E-state index is 0.255. The summed E-state index contributed by atoms with van der Waals surface area (Å²) >= 11 is 1.41. The first-order valence-corrected chi connectivity index (χ1v) is 7.43. The Morgan fingerprint density at radius 3 is 2.71 bits per heavy atom. The van der Waals surface area contributed by atoms with Gasteiger partial charge >= 0.3 is 0 Å². The Morgan fingerprint density at radius 1 is 1.24 bits per heavy atom. The molecular weight excluding hydrogens is 285 g/mol. The summed E-state index contributed by atoms with van der Waals surface area (Å²) in [5.41, 5.74) is 8.20. The van der Waals surface area contributed by atoms with Gasteiger partial charge in [-0.15, -0.1) is 5.10 Å². The summed E-state index contributed by atoms with van der Waals surface area (Å²) in [5.74, 6) is 0.486. The van der Waals surface area contributed by atoms with Crippen molar-refractivity contribution in [2.24, 2.45) is 15.9 Å². The van der Waals surface area contributed by atoms with E-state index < -0.39 is 0 Å². The smallest absolute Gasteiger partial charge is 0.180 e. The first-order valence-electron chi connectivity index (χ1n) is 6.44. The zero-order valence-electron chi connectivity index (χ0n) is 11.7. The second kappa shape index (κ2) is 7.59. The lowest BCUT2D eigenvalue weighted by Crippen LogP contribution is -2.06. The highest BCUT2D eigenvalue weighted by Crippen LogP contribution is 2.11. The van der Waals surface area contributed by atoms with Crippen LogP contribution in [0.4, 0.5) is 4.39 Å². The molecule has 2 N–H and O–H groups in total. The molecule has 0 amide bonds. The Labute approximate surface area is 127 Å². The normalized spacial score (nSPS) is 12.0. The summed E-state index contributed by atoms with van der Waals surface area (Å²) in [5, 5.41) is 8.14. The molecule has 0 radical (unpaired) electrons. The second-order valence-corrected chi connectivity index (χ2v) is 5.46. The average molecular weight is 301 g/mol. The maximum Gasteiger partial charge on any atom is 0.180 e. The molecule has 2 aromatic rings. The van der Waals surface area contributed by atoms with E-state index in [-0.39, 0.29) is 5.82 Å². The SMILES string of the molecule is Cc1ccc(C=NN=C(N)SCc2ccccc2)cc1F. The van der Waals surface area contributed by atoms with Gasteiger partial charge in [0.1, 0.15) is 5.82 Å². The number of rotatable bonds is 4. The molecule has 21 heavy (non-hydrogen) atoms. The van der Waals surface area contributed by atoms with Crippen molar-refractivity contribution < 1.29 is 4.39 Å². The van der Waals surface area contributed by atoms with E-state index >= 15 is 0 Å². The van der Waals surface area contributed by atoms with Crippen LogP contribution >= 0.6 is 11.8 Å². The van der Waals surface area contributed by atoms with Crippen LogP contribution in [0.3, 0.4) is 0 Å². The van der Waals surface area contributed by atoms with Gasteiger partial charge in [0.25, 0.3) is 0 Å². The third kappa shape index (κ3) is 5.04. The first kappa shape index (κ1) is 15.3. The van der Waals surface area contributed by atoms with Gasteiger partial charge in [-0.05, 0) is 29.7 Å². The maximum absolute atomic E-state index is 13.3. The Morgan fingerprint density at radius 2 is 2.00 bits per heavy atom. The van der Waals surface area contributed by atoms with Crippen molar-refractivity contribution in [1.29, 1.82) is 0 Å². The zero-order valence-corrected chi connectivity index (χ0v) is 12.5. The van der Waals surface area contributed by atoms with Gasteiger partial charge in [0.2, 0.25) is 0 Å². The van der Waals surface area contributed by atoms with Crippen molar-refractivity contribution in [3.63, 3.8) is 0 Å². The molecule has 0 bridgehead atoms. The molecule has 5 heteroatoms. The number of hydrogen-bond acceptors (Lipinski definition) is 3. The number of amidine groups is 1. The molecule has 0 saturated heterocycles. The fourth-order valence-corrected chi connectivity index (χ4v) is 2.21. The fraction of sp³-hybridized carbons (Fsp3) is 0.125. The summed E-state index contributed by atoms with van der Waals surface area (Å²) in [4.78, 5) is 0. The minimum atomic E-state index is -0.255. The maximum atomic E-state index is 13.3. The van der Waals surface area contributed by atoms with Gasteiger partial charge in [-0.1, -0.05) is 54.2 Å². The van der Waals surface area contributed by atoms with E-state index in [4.69, 9.17) is 5.73 Å². The molecule has 0 spiro atoms. The monoisotopic (exact) mass is 301 g/mol. The predicted molar refractivity (Wildman–Crippen MR) is 88.1 cm³/mol. The Bertz CT molecular complexity index is 654. The molecule has 0 unspecified atom stereocenters. The van der Waals surface area contributed by atoms with Crippen molar-refractivity contribution >= 4 is 23.1 Å². The number of nitrogens with zero attached hydrogens (tertiary/aromatic N) is 2. The highest BCUT2D eigenvalue weighted by Gasteiger charge is 1.98. The van der Waals surface area contributed by atoms with Gasteiger partial charge in [0.15, 0.2) is 5.17 Å². The van der Waals surface area contributed by atoms with Gasteiger partial charge in [-0.2, -0.15) is 5.10 Å². The van der Waals surface area contributed by atoms with Gasteiger partial charge < -0.3 is 5.73 Å². The second-order valence-electron chi connectivity index (χ2n) is 4.47. The topological polar surface area (TPSA) is 50.7 Å². The van der Waals surface area contributed by atoms with Crippen molar-refractivity contribution in [2.45, 2.75) is 12.7 Å².